The van der Waals surface area contributed by atoms with Crippen molar-refractivity contribution >= 4 is 11.5 Å². The number of fused-ring (bicyclic) bond motifs is 1. The van der Waals surface area contributed by atoms with Crippen LogP contribution in [0.3, 0.4) is 0 Å². The van der Waals surface area contributed by atoms with Crippen molar-refractivity contribution in [3.63, 3.8) is 0 Å². The highest BCUT2D eigenvalue weighted by Gasteiger charge is 2.35. The second-order valence-electron chi connectivity index (χ2n) is 4.61. The van der Waals surface area contributed by atoms with Crippen molar-refractivity contribution in [1.29, 1.82) is 0 Å². The number of aryl methyl sites for hydroxylation is 1. The highest BCUT2D eigenvalue weighted by atomic mass is 19.4. The third kappa shape index (κ3) is 3.03. The summed E-state index contributed by atoms with van der Waals surface area (Å²) in [7, 11) is 0. The molecule has 0 heterocycles. The van der Waals surface area contributed by atoms with Gasteiger partial charge in [0.1, 0.15) is 0 Å². The maximum Gasteiger partial charge on any atom is 0.417 e. The lowest BCUT2D eigenvalue weighted by molar-refractivity contribution is -0.138. The summed E-state index contributed by atoms with van der Waals surface area (Å²) in [4.78, 5) is 11.5. The number of carbonyl (C=O) groups is 1. The third-order valence-electron chi connectivity index (χ3n) is 3.25. The minimum atomic E-state index is -4.42. The lowest BCUT2D eigenvalue weighted by atomic mass is 9.84. The van der Waals surface area contributed by atoms with Crippen LogP contribution in [-0.2, 0) is 22.1 Å². The fourth-order valence-corrected chi connectivity index (χ4v) is 2.49. The first-order valence-electron chi connectivity index (χ1n) is 6.50. The predicted molar refractivity (Wildman–Crippen MR) is 69.0 cm³/mol. The van der Waals surface area contributed by atoms with Gasteiger partial charge in [0.2, 0.25) is 0 Å². The average molecular weight is 284 g/mol. The van der Waals surface area contributed by atoms with Crippen LogP contribution < -0.4 is 0 Å². The maximum atomic E-state index is 13.1. The molecule has 0 amide bonds. The summed E-state index contributed by atoms with van der Waals surface area (Å²) >= 11 is 0. The molecule has 0 bridgehead atoms. The molecule has 0 saturated carbocycles. The summed E-state index contributed by atoms with van der Waals surface area (Å²) < 4.78 is 44.1. The van der Waals surface area contributed by atoms with E-state index < -0.39 is 17.7 Å². The Morgan fingerprint density at radius 2 is 2.10 bits per heavy atom. The highest BCUT2D eigenvalue weighted by Crippen LogP contribution is 2.40. The van der Waals surface area contributed by atoms with Gasteiger partial charge in [-0.3, -0.25) is 0 Å². The number of hydrogen-bond acceptors (Lipinski definition) is 2. The predicted octanol–water partition coefficient (Wildman–Crippen LogP) is 3.99. The Bertz CT molecular complexity index is 545. The first kappa shape index (κ1) is 14.6. The Labute approximate surface area is 115 Å². The normalized spacial score (nSPS) is 16.9. The number of alkyl halides is 3. The van der Waals surface area contributed by atoms with Gasteiger partial charge in [-0.25, -0.2) is 4.79 Å². The Morgan fingerprint density at radius 3 is 2.75 bits per heavy atom. The van der Waals surface area contributed by atoms with E-state index in [2.05, 4.69) is 0 Å². The molecule has 2 nitrogen and oxygen atoms in total. The van der Waals surface area contributed by atoms with E-state index in [1.807, 2.05) is 0 Å². The van der Waals surface area contributed by atoms with Gasteiger partial charge >= 0.3 is 12.1 Å². The van der Waals surface area contributed by atoms with Gasteiger partial charge in [0.05, 0.1) is 12.2 Å². The molecule has 0 fully saturated rings. The molecule has 20 heavy (non-hydrogen) atoms. The standard InChI is InChI=1S/C15H15F3O2/c1-2-20-13(19)9-11-7-3-5-10-6-4-8-12(14(10)11)15(16,17)18/h4,6,8-9H,2-3,5,7H2,1H3/b11-9+. The molecule has 0 unspecified atom stereocenters. The van der Waals surface area contributed by atoms with Crippen LogP contribution in [0.15, 0.2) is 24.3 Å². The van der Waals surface area contributed by atoms with E-state index in [9.17, 15) is 18.0 Å². The Hall–Kier alpha value is -1.78. The summed E-state index contributed by atoms with van der Waals surface area (Å²) in [5.41, 5.74) is 0.531. The van der Waals surface area contributed by atoms with Gasteiger partial charge < -0.3 is 4.74 Å². The largest absolute Gasteiger partial charge is 0.463 e. The number of esters is 1. The van der Waals surface area contributed by atoms with Crippen molar-refractivity contribution < 1.29 is 22.7 Å². The molecule has 2 rings (SSSR count). The van der Waals surface area contributed by atoms with Crippen LogP contribution in [0, 0.1) is 0 Å². The van der Waals surface area contributed by atoms with Crippen LogP contribution in [0.25, 0.3) is 5.57 Å². The summed E-state index contributed by atoms with van der Waals surface area (Å²) in [6.45, 7) is 1.86. The SMILES string of the molecule is CCOC(=O)/C=C1\CCCc2cccc(C(F)(F)F)c21. The van der Waals surface area contributed by atoms with Crippen LogP contribution in [-0.4, -0.2) is 12.6 Å². The molecule has 5 heteroatoms. The zero-order valence-electron chi connectivity index (χ0n) is 11.1. The first-order chi connectivity index (χ1) is 9.43. The van der Waals surface area contributed by atoms with E-state index >= 15 is 0 Å². The summed E-state index contributed by atoms with van der Waals surface area (Å²) in [5.74, 6) is -0.590. The Balaban J connectivity index is 2.51. The smallest absolute Gasteiger partial charge is 0.417 e. The zero-order valence-corrected chi connectivity index (χ0v) is 11.1. The number of hydrogen-bond donors (Lipinski definition) is 0. The van der Waals surface area contributed by atoms with E-state index in [0.717, 1.165) is 12.5 Å². The van der Waals surface area contributed by atoms with Crippen LogP contribution in [0.2, 0.25) is 0 Å². The van der Waals surface area contributed by atoms with Gasteiger partial charge in [0.25, 0.3) is 0 Å². The number of benzene rings is 1. The van der Waals surface area contributed by atoms with Gasteiger partial charge in [-0.15, -0.1) is 0 Å². The molecule has 1 aromatic carbocycles. The number of ether oxygens (including phenoxy) is 1. The van der Waals surface area contributed by atoms with Crippen LogP contribution in [0.5, 0.6) is 0 Å². The Morgan fingerprint density at radius 1 is 1.35 bits per heavy atom. The summed E-state index contributed by atoms with van der Waals surface area (Å²) in [6.07, 6.45) is -1.44. The fraction of sp³-hybridized carbons (Fsp3) is 0.400. The number of carbonyl (C=O) groups excluding carboxylic acids is 1. The molecule has 1 aromatic rings. The molecule has 0 aliphatic heterocycles. The van der Waals surface area contributed by atoms with Crippen LogP contribution in [0.4, 0.5) is 13.2 Å². The molecule has 0 aromatic heterocycles. The highest BCUT2D eigenvalue weighted by molar-refractivity contribution is 5.92. The minimum absolute atomic E-state index is 0.152. The molecule has 0 N–H and O–H groups in total. The van der Waals surface area contributed by atoms with Crippen molar-refractivity contribution in [3.8, 4) is 0 Å². The molecule has 0 spiro atoms. The van der Waals surface area contributed by atoms with E-state index in [0.29, 0.717) is 24.0 Å². The number of halogens is 3. The van der Waals surface area contributed by atoms with Gasteiger partial charge in [-0.05, 0) is 49.0 Å². The van der Waals surface area contributed by atoms with Crippen molar-refractivity contribution in [2.75, 3.05) is 6.61 Å². The van der Waals surface area contributed by atoms with E-state index in [1.54, 1.807) is 13.0 Å². The number of allylic oxidation sites excluding steroid dienone is 1. The van der Waals surface area contributed by atoms with Crippen molar-refractivity contribution in [2.24, 2.45) is 0 Å². The van der Waals surface area contributed by atoms with Gasteiger partial charge in [-0.2, -0.15) is 13.2 Å². The van der Waals surface area contributed by atoms with Crippen molar-refractivity contribution in [2.45, 2.75) is 32.4 Å². The van der Waals surface area contributed by atoms with Crippen LogP contribution >= 0.6 is 0 Å². The molecule has 0 saturated heterocycles. The lowest BCUT2D eigenvalue weighted by Crippen LogP contribution is -2.14. The second kappa shape index (κ2) is 5.69. The molecular weight excluding hydrogens is 269 g/mol. The van der Waals surface area contributed by atoms with Gasteiger partial charge in [0, 0.05) is 6.08 Å². The Kier molecular flexibility index (Phi) is 4.16. The molecule has 0 radical (unpaired) electrons. The monoisotopic (exact) mass is 284 g/mol. The van der Waals surface area contributed by atoms with Gasteiger partial charge in [-0.1, -0.05) is 12.1 Å². The minimum Gasteiger partial charge on any atom is -0.463 e. The third-order valence-corrected chi connectivity index (χ3v) is 3.25. The van der Waals surface area contributed by atoms with Gasteiger partial charge in [0.15, 0.2) is 0 Å². The summed E-state index contributed by atoms with van der Waals surface area (Å²) in [6, 6.07) is 4.15. The fourth-order valence-electron chi connectivity index (χ4n) is 2.49. The maximum absolute atomic E-state index is 13.1. The van der Waals surface area contributed by atoms with Crippen molar-refractivity contribution in [3.05, 3.63) is 41.0 Å². The molecular formula is C15H15F3O2. The van der Waals surface area contributed by atoms with E-state index in [1.165, 1.54) is 12.1 Å². The molecule has 108 valence electrons. The average Bonchev–Trinajstić information content (AvgIpc) is 2.37. The quantitative estimate of drug-likeness (QED) is 0.606. The topological polar surface area (TPSA) is 26.3 Å². The second-order valence-corrected chi connectivity index (χ2v) is 4.61. The molecule has 0 atom stereocenters. The molecule has 1 aliphatic carbocycles. The van der Waals surface area contributed by atoms with E-state index in [4.69, 9.17) is 4.74 Å². The van der Waals surface area contributed by atoms with Crippen LogP contribution in [0.1, 0.15) is 36.5 Å². The van der Waals surface area contributed by atoms with Crippen molar-refractivity contribution in [1.82, 2.24) is 0 Å². The lowest BCUT2D eigenvalue weighted by Gasteiger charge is -2.23. The first-order valence-corrected chi connectivity index (χ1v) is 6.50. The number of rotatable bonds is 2. The summed E-state index contributed by atoms with van der Waals surface area (Å²) in [5, 5.41) is 0. The van der Waals surface area contributed by atoms with E-state index in [-0.39, 0.29) is 12.2 Å². The zero-order chi connectivity index (χ0) is 14.8. The molecule has 1 aliphatic rings.